The molecule has 0 heterocycles. The van der Waals surface area contributed by atoms with E-state index in [9.17, 15) is 13.2 Å². The number of carbonyl (C=O) groups excluding carboxylic acids is 1. The zero-order valence-corrected chi connectivity index (χ0v) is 12.7. The van der Waals surface area contributed by atoms with Gasteiger partial charge in [0.2, 0.25) is 10.0 Å². The van der Waals surface area contributed by atoms with Crippen LogP contribution in [0.1, 0.15) is 18.9 Å². The third kappa shape index (κ3) is 4.47. The second-order valence-electron chi connectivity index (χ2n) is 4.67. The maximum atomic E-state index is 12.2. The molecule has 0 aromatic heterocycles. The maximum Gasteiger partial charge on any atom is 0.324 e. The molecule has 1 rings (SSSR count). The molecule has 0 saturated heterocycles. The molecule has 1 N–H and O–H groups in total. The van der Waals surface area contributed by atoms with Crippen LogP contribution in [-0.4, -0.2) is 27.5 Å². The van der Waals surface area contributed by atoms with Gasteiger partial charge in [-0.05, 0) is 32.4 Å². The van der Waals surface area contributed by atoms with Crippen LogP contribution in [0.3, 0.4) is 0 Å². The van der Waals surface area contributed by atoms with Crippen LogP contribution in [0.15, 0.2) is 41.3 Å². The number of hydrogen-bond donors (Lipinski definition) is 1. The van der Waals surface area contributed by atoms with E-state index in [0.717, 1.165) is 5.56 Å². The number of aryl methyl sites for hydroxylation is 1. The number of benzene rings is 1. The van der Waals surface area contributed by atoms with Gasteiger partial charge in [0.15, 0.2) is 0 Å². The molecule has 20 heavy (non-hydrogen) atoms. The SMILES string of the molecule is C=C(C)CC(NS(=O)(=O)c1ccc(C)cc1)C(=O)OC. The number of methoxy groups -OCH3 is 1. The van der Waals surface area contributed by atoms with Crippen molar-refractivity contribution in [2.24, 2.45) is 0 Å². The first-order valence-electron chi connectivity index (χ1n) is 6.07. The van der Waals surface area contributed by atoms with Gasteiger partial charge in [-0.25, -0.2) is 8.42 Å². The molecule has 0 saturated carbocycles. The van der Waals surface area contributed by atoms with Crippen molar-refractivity contribution < 1.29 is 17.9 Å². The standard InChI is InChI=1S/C14H19NO4S/c1-10(2)9-13(14(16)19-4)15-20(17,18)12-7-5-11(3)6-8-12/h5-8,13,15H,1,9H2,2-4H3. The molecule has 0 aliphatic heterocycles. The number of nitrogens with one attached hydrogen (secondary N) is 1. The topological polar surface area (TPSA) is 72.5 Å². The Balaban J connectivity index is 2.99. The van der Waals surface area contributed by atoms with Gasteiger partial charge < -0.3 is 4.74 Å². The van der Waals surface area contributed by atoms with Gasteiger partial charge in [0, 0.05) is 0 Å². The molecule has 110 valence electrons. The average molecular weight is 297 g/mol. The van der Waals surface area contributed by atoms with E-state index in [1.54, 1.807) is 19.1 Å². The van der Waals surface area contributed by atoms with Crippen molar-refractivity contribution in [1.82, 2.24) is 4.72 Å². The zero-order valence-electron chi connectivity index (χ0n) is 11.8. The van der Waals surface area contributed by atoms with Crippen LogP contribution < -0.4 is 4.72 Å². The van der Waals surface area contributed by atoms with Gasteiger partial charge in [-0.3, -0.25) is 4.79 Å². The molecule has 6 heteroatoms. The lowest BCUT2D eigenvalue weighted by Gasteiger charge is -2.16. The Morgan fingerprint density at radius 2 is 1.90 bits per heavy atom. The second-order valence-corrected chi connectivity index (χ2v) is 6.39. The molecular weight excluding hydrogens is 278 g/mol. The van der Waals surface area contributed by atoms with E-state index in [1.807, 2.05) is 6.92 Å². The van der Waals surface area contributed by atoms with Crippen molar-refractivity contribution in [2.45, 2.75) is 31.2 Å². The van der Waals surface area contributed by atoms with E-state index in [2.05, 4.69) is 16.0 Å². The second kappa shape index (κ2) is 6.67. The van der Waals surface area contributed by atoms with Crippen LogP contribution in [0.2, 0.25) is 0 Å². The first-order valence-corrected chi connectivity index (χ1v) is 7.56. The zero-order chi connectivity index (χ0) is 15.3. The molecule has 0 aliphatic carbocycles. The minimum Gasteiger partial charge on any atom is -0.468 e. The average Bonchev–Trinajstić information content (AvgIpc) is 2.36. The van der Waals surface area contributed by atoms with Gasteiger partial charge in [-0.15, -0.1) is 6.58 Å². The smallest absolute Gasteiger partial charge is 0.324 e. The van der Waals surface area contributed by atoms with Crippen molar-refractivity contribution in [3.8, 4) is 0 Å². The summed E-state index contributed by atoms with van der Waals surface area (Å²) < 4.78 is 31.4. The highest BCUT2D eigenvalue weighted by Crippen LogP contribution is 2.13. The highest BCUT2D eigenvalue weighted by Gasteiger charge is 2.26. The Bertz CT molecular complexity index is 590. The lowest BCUT2D eigenvalue weighted by atomic mass is 10.1. The van der Waals surface area contributed by atoms with Gasteiger partial charge in [0.05, 0.1) is 12.0 Å². The summed E-state index contributed by atoms with van der Waals surface area (Å²) in [6.07, 6.45) is 0.192. The van der Waals surface area contributed by atoms with Crippen molar-refractivity contribution >= 4 is 16.0 Å². The van der Waals surface area contributed by atoms with Crippen LogP contribution in [0.4, 0.5) is 0 Å². The molecule has 0 amide bonds. The first-order chi connectivity index (χ1) is 9.26. The fourth-order valence-corrected chi connectivity index (χ4v) is 2.82. The number of sulfonamides is 1. The Labute approximate surface area is 119 Å². The van der Waals surface area contributed by atoms with Gasteiger partial charge in [0.25, 0.3) is 0 Å². The van der Waals surface area contributed by atoms with E-state index in [-0.39, 0.29) is 11.3 Å². The number of hydrogen-bond acceptors (Lipinski definition) is 4. The Morgan fingerprint density at radius 1 is 1.35 bits per heavy atom. The summed E-state index contributed by atoms with van der Waals surface area (Å²) in [5, 5.41) is 0. The summed E-state index contributed by atoms with van der Waals surface area (Å²) in [5.41, 5.74) is 1.64. The fraction of sp³-hybridized carbons (Fsp3) is 0.357. The minimum absolute atomic E-state index is 0.110. The van der Waals surface area contributed by atoms with E-state index < -0.39 is 22.0 Å². The third-order valence-electron chi connectivity index (χ3n) is 2.67. The molecule has 0 aliphatic rings. The summed E-state index contributed by atoms with van der Waals surface area (Å²) in [7, 11) is -2.55. The maximum absolute atomic E-state index is 12.2. The molecular formula is C14H19NO4S. The quantitative estimate of drug-likeness (QED) is 0.641. The number of carbonyl (C=O) groups is 1. The van der Waals surface area contributed by atoms with Gasteiger partial charge in [-0.1, -0.05) is 23.3 Å². The fourth-order valence-electron chi connectivity index (χ4n) is 1.64. The molecule has 1 aromatic carbocycles. The van der Waals surface area contributed by atoms with Gasteiger partial charge in [-0.2, -0.15) is 4.72 Å². The molecule has 1 aromatic rings. The molecule has 0 fully saturated rings. The minimum atomic E-state index is -3.77. The molecule has 1 atom stereocenters. The number of ether oxygens (including phenoxy) is 1. The summed E-state index contributed by atoms with van der Waals surface area (Å²) in [4.78, 5) is 11.7. The lowest BCUT2D eigenvalue weighted by Crippen LogP contribution is -2.41. The van der Waals surface area contributed by atoms with E-state index in [0.29, 0.717) is 5.57 Å². The first kappa shape index (κ1) is 16.4. The van der Waals surface area contributed by atoms with Crippen molar-refractivity contribution in [2.75, 3.05) is 7.11 Å². The molecule has 5 nitrogen and oxygen atoms in total. The van der Waals surface area contributed by atoms with Crippen molar-refractivity contribution in [3.05, 3.63) is 42.0 Å². The third-order valence-corrected chi connectivity index (χ3v) is 4.15. The van der Waals surface area contributed by atoms with Crippen LogP contribution in [0.5, 0.6) is 0 Å². The Morgan fingerprint density at radius 3 is 2.35 bits per heavy atom. The van der Waals surface area contributed by atoms with Gasteiger partial charge in [0.1, 0.15) is 6.04 Å². The van der Waals surface area contributed by atoms with Crippen LogP contribution >= 0.6 is 0 Å². The predicted octanol–water partition coefficient (Wildman–Crippen LogP) is 1.78. The van der Waals surface area contributed by atoms with Crippen LogP contribution in [0.25, 0.3) is 0 Å². The van der Waals surface area contributed by atoms with Gasteiger partial charge >= 0.3 is 5.97 Å². The van der Waals surface area contributed by atoms with E-state index in [4.69, 9.17) is 0 Å². The Hall–Kier alpha value is -1.66. The molecule has 0 bridgehead atoms. The van der Waals surface area contributed by atoms with Crippen LogP contribution in [0, 0.1) is 6.92 Å². The predicted molar refractivity (Wildman–Crippen MR) is 76.7 cm³/mol. The van der Waals surface area contributed by atoms with E-state index in [1.165, 1.54) is 19.2 Å². The molecule has 0 radical (unpaired) electrons. The summed E-state index contributed by atoms with van der Waals surface area (Å²) in [5.74, 6) is -0.635. The number of esters is 1. The van der Waals surface area contributed by atoms with Crippen LogP contribution in [-0.2, 0) is 19.6 Å². The molecule has 0 spiro atoms. The summed E-state index contributed by atoms with van der Waals surface area (Å²) in [6, 6.07) is 5.41. The van der Waals surface area contributed by atoms with Crippen molar-refractivity contribution in [3.63, 3.8) is 0 Å². The normalized spacial score (nSPS) is 12.8. The highest BCUT2D eigenvalue weighted by molar-refractivity contribution is 7.89. The van der Waals surface area contributed by atoms with Crippen molar-refractivity contribution in [1.29, 1.82) is 0 Å². The lowest BCUT2D eigenvalue weighted by molar-refractivity contribution is -0.142. The summed E-state index contributed by atoms with van der Waals surface area (Å²) >= 11 is 0. The molecule has 1 unspecified atom stereocenters. The highest BCUT2D eigenvalue weighted by atomic mass is 32.2. The summed E-state index contributed by atoms with van der Waals surface area (Å²) in [6.45, 7) is 7.26. The number of rotatable bonds is 6. The monoisotopic (exact) mass is 297 g/mol. The Kier molecular flexibility index (Phi) is 5.47. The largest absolute Gasteiger partial charge is 0.468 e. The van der Waals surface area contributed by atoms with E-state index >= 15 is 0 Å².